The lowest BCUT2D eigenvalue weighted by Crippen LogP contribution is -2.44. The Bertz CT molecular complexity index is 346. The molecule has 1 rings (SSSR count). The minimum Gasteiger partial charge on any atom is -0.330 e. The van der Waals surface area contributed by atoms with Gasteiger partial charge in [-0.3, -0.25) is 4.90 Å². The molecule has 2 nitrogen and oxygen atoms in total. The fourth-order valence-electron chi connectivity index (χ4n) is 2.44. The molecule has 0 aromatic heterocycles. The molecule has 1 aromatic rings. The van der Waals surface area contributed by atoms with Gasteiger partial charge in [-0.1, -0.05) is 51.1 Å². The van der Waals surface area contributed by atoms with Crippen LogP contribution >= 0.6 is 0 Å². The van der Waals surface area contributed by atoms with Gasteiger partial charge in [0.25, 0.3) is 0 Å². The fraction of sp³-hybridized carbons (Fsp3) is 0.647. The summed E-state index contributed by atoms with van der Waals surface area (Å²) in [6.45, 7) is 12.1. The first-order valence-electron chi connectivity index (χ1n) is 7.46. The molecule has 0 saturated carbocycles. The zero-order valence-corrected chi connectivity index (χ0v) is 13.0. The van der Waals surface area contributed by atoms with E-state index in [0.29, 0.717) is 6.04 Å². The van der Waals surface area contributed by atoms with E-state index in [0.717, 1.165) is 26.1 Å². The zero-order chi connectivity index (χ0) is 14.3. The summed E-state index contributed by atoms with van der Waals surface area (Å²) in [5.74, 6) is 0. The number of benzene rings is 1. The smallest absolute Gasteiger partial charge is 0.0108 e. The van der Waals surface area contributed by atoms with Crippen LogP contribution in [0, 0.1) is 5.41 Å². The van der Waals surface area contributed by atoms with Crippen molar-refractivity contribution in [1.29, 1.82) is 0 Å². The molecular weight excluding hydrogens is 232 g/mol. The molecule has 0 spiro atoms. The lowest BCUT2D eigenvalue weighted by Gasteiger charge is -2.36. The van der Waals surface area contributed by atoms with E-state index in [4.69, 9.17) is 5.73 Å². The van der Waals surface area contributed by atoms with Gasteiger partial charge in [0.1, 0.15) is 0 Å². The highest BCUT2D eigenvalue weighted by Crippen LogP contribution is 2.18. The van der Waals surface area contributed by atoms with E-state index in [2.05, 4.69) is 62.9 Å². The maximum atomic E-state index is 5.88. The third-order valence-electron chi connectivity index (χ3n) is 3.69. The average molecular weight is 262 g/mol. The Morgan fingerprint density at radius 1 is 1.21 bits per heavy atom. The molecule has 0 amide bonds. The van der Waals surface area contributed by atoms with Crippen molar-refractivity contribution >= 4 is 0 Å². The van der Waals surface area contributed by atoms with E-state index in [-0.39, 0.29) is 5.41 Å². The monoisotopic (exact) mass is 262 g/mol. The Labute approximate surface area is 119 Å². The minimum atomic E-state index is 0.195. The largest absolute Gasteiger partial charge is 0.330 e. The SMILES string of the molecule is CCCN(CC(C)(C)CN)C(C)Cc1ccccc1. The standard InChI is InChI=1S/C17H30N2/c1-5-11-19(14-17(3,4)13-18)15(2)12-16-9-7-6-8-10-16/h6-10,15H,5,11-14,18H2,1-4H3. The molecule has 108 valence electrons. The summed E-state index contributed by atoms with van der Waals surface area (Å²) in [6.07, 6.45) is 2.31. The van der Waals surface area contributed by atoms with E-state index in [1.54, 1.807) is 0 Å². The van der Waals surface area contributed by atoms with Crippen molar-refractivity contribution in [3.8, 4) is 0 Å². The van der Waals surface area contributed by atoms with Crippen LogP contribution in [0.4, 0.5) is 0 Å². The van der Waals surface area contributed by atoms with Gasteiger partial charge in [-0.05, 0) is 43.8 Å². The van der Waals surface area contributed by atoms with E-state index in [9.17, 15) is 0 Å². The van der Waals surface area contributed by atoms with Crippen LogP contribution < -0.4 is 5.73 Å². The van der Waals surface area contributed by atoms with Crippen molar-refractivity contribution in [3.05, 3.63) is 35.9 Å². The molecule has 0 radical (unpaired) electrons. The summed E-state index contributed by atoms with van der Waals surface area (Å²) in [5, 5.41) is 0. The minimum absolute atomic E-state index is 0.195. The molecule has 0 aliphatic rings. The van der Waals surface area contributed by atoms with Gasteiger partial charge in [0, 0.05) is 12.6 Å². The topological polar surface area (TPSA) is 29.3 Å². The van der Waals surface area contributed by atoms with Gasteiger partial charge in [-0.15, -0.1) is 0 Å². The number of nitrogens with two attached hydrogens (primary N) is 1. The van der Waals surface area contributed by atoms with Crippen molar-refractivity contribution in [1.82, 2.24) is 4.90 Å². The van der Waals surface area contributed by atoms with Crippen molar-refractivity contribution in [3.63, 3.8) is 0 Å². The van der Waals surface area contributed by atoms with E-state index >= 15 is 0 Å². The third-order valence-corrected chi connectivity index (χ3v) is 3.69. The van der Waals surface area contributed by atoms with Crippen LogP contribution in [0.2, 0.25) is 0 Å². The molecule has 0 aliphatic heterocycles. The van der Waals surface area contributed by atoms with Gasteiger partial charge < -0.3 is 5.73 Å². The predicted molar refractivity (Wildman–Crippen MR) is 84.3 cm³/mol. The molecule has 2 heteroatoms. The molecule has 0 bridgehead atoms. The summed E-state index contributed by atoms with van der Waals surface area (Å²) in [7, 11) is 0. The maximum Gasteiger partial charge on any atom is 0.0108 e. The van der Waals surface area contributed by atoms with Crippen molar-refractivity contribution < 1.29 is 0 Å². The molecule has 19 heavy (non-hydrogen) atoms. The Balaban J connectivity index is 2.65. The second kappa shape index (κ2) is 7.66. The summed E-state index contributed by atoms with van der Waals surface area (Å²) >= 11 is 0. The zero-order valence-electron chi connectivity index (χ0n) is 13.0. The number of hydrogen-bond acceptors (Lipinski definition) is 2. The summed E-state index contributed by atoms with van der Waals surface area (Å²) in [4.78, 5) is 2.58. The van der Waals surface area contributed by atoms with E-state index in [1.165, 1.54) is 12.0 Å². The maximum absolute atomic E-state index is 5.88. The summed E-state index contributed by atoms with van der Waals surface area (Å²) < 4.78 is 0. The Morgan fingerprint density at radius 2 is 1.84 bits per heavy atom. The average Bonchev–Trinajstić information content (AvgIpc) is 2.39. The first-order chi connectivity index (χ1) is 8.98. The van der Waals surface area contributed by atoms with Gasteiger partial charge in [-0.2, -0.15) is 0 Å². The van der Waals surface area contributed by atoms with Crippen LogP contribution in [0.1, 0.15) is 39.7 Å². The first-order valence-corrected chi connectivity index (χ1v) is 7.46. The van der Waals surface area contributed by atoms with Crippen LogP contribution in [0.25, 0.3) is 0 Å². The molecule has 2 N–H and O–H groups in total. The Morgan fingerprint density at radius 3 is 2.37 bits per heavy atom. The first kappa shape index (κ1) is 16.2. The molecule has 0 heterocycles. The number of rotatable bonds is 8. The number of hydrogen-bond donors (Lipinski definition) is 1. The summed E-state index contributed by atoms with van der Waals surface area (Å²) in [5.41, 5.74) is 7.49. The summed E-state index contributed by atoms with van der Waals surface area (Å²) in [6, 6.07) is 11.3. The van der Waals surface area contributed by atoms with Gasteiger partial charge in [0.15, 0.2) is 0 Å². The molecular formula is C17H30N2. The molecule has 0 aliphatic carbocycles. The highest BCUT2D eigenvalue weighted by Gasteiger charge is 2.23. The van der Waals surface area contributed by atoms with Crippen LogP contribution in [0.3, 0.4) is 0 Å². The molecule has 1 aromatic carbocycles. The van der Waals surface area contributed by atoms with Crippen molar-refractivity contribution in [2.24, 2.45) is 11.1 Å². The fourth-order valence-corrected chi connectivity index (χ4v) is 2.44. The van der Waals surface area contributed by atoms with Gasteiger partial charge in [-0.25, -0.2) is 0 Å². The van der Waals surface area contributed by atoms with Crippen molar-refractivity contribution in [2.75, 3.05) is 19.6 Å². The van der Waals surface area contributed by atoms with Crippen LogP contribution in [0.15, 0.2) is 30.3 Å². The van der Waals surface area contributed by atoms with Crippen LogP contribution in [0.5, 0.6) is 0 Å². The second-order valence-corrected chi connectivity index (χ2v) is 6.38. The molecule has 1 atom stereocenters. The van der Waals surface area contributed by atoms with E-state index < -0.39 is 0 Å². The third kappa shape index (κ3) is 5.75. The Kier molecular flexibility index (Phi) is 6.53. The van der Waals surface area contributed by atoms with E-state index in [1.807, 2.05) is 0 Å². The Hall–Kier alpha value is -0.860. The van der Waals surface area contributed by atoms with Gasteiger partial charge >= 0.3 is 0 Å². The van der Waals surface area contributed by atoms with Gasteiger partial charge in [0.2, 0.25) is 0 Å². The lowest BCUT2D eigenvalue weighted by atomic mass is 9.91. The van der Waals surface area contributed by atoms with Crippen LogP contribution in [-0.4, -0.2) is 30.6 Å². The molecule has 0 fully saturated rings. The van der Waals surface area contributed by atoms with Gasteiger partial charge in [0.05, 0.1) is 0 Å². The lowest BCUT2D eigenvalue weighted by molar-refractivity contribution is 0.140. The second-order valence-electron chi connectivity index (χ2n) is 6.38. The normalized spacial score (nSPS) is 13.8. The number of nitrogens with zero attached hydrogens (tertiary/aromatic N) is 1. The molecule has 1 unspecified atom stereocenters. The molecule has 0 saturated heterocycles. The highest BCUT2D eigenvalue weighted by molar-refractivity contribution is 5.15. The van der Waals surface area contributed by atoms with Crippen molar-refractivity contribution in [2.45, 2.75) is 46.6 Å². The highest BCUT2D eigenvalue weighted by atomic mass is 15.2. The quantitative estimate of drug-likeness (QED) is 0.779. The predicted octanol–water partition coefficient (Wildman–Crippen LogP) is 3.31. The van der Waals surface area contributed by atoms with Crippen LogP contribution in [-0.2, 0) is 6.42 Å².